The van der Waals surface area contributed by atoms with Gasteiger partial charge in [-0.15, -0.1) is 0 Å². The highest BCUT2D eigenvalue weighted by Gasteiger charge is 2.22. The standard InChI is InChI=1S/C4H10B2S.H2S/c1-5-3-4-6(2)7-5;/h3-4H2,1-2H3;1H2. The van der Waals surface area contributed by atoms with E-state index in [9.17, 15) is 0 Å². The quantitative estimate of drug-likeness (QED) is 0.471. The third-order valence-corrected chi connectivity index (χ3v) is 2.84. The van der Waals surface area contributed by atoms with Gasteiger partial charge in [-0.05, 0) is 0 Å². The molecule has 1 fully saturated rings. The molecule has 0 atom stereocenters. The van der Waals surface area contributed by atoms with Gasteiger partial charge in [-0.25, -0.2) is 0 Å². The molecule has 4 heteroatoms. The molecule has 0 bridgehead atoms. The van der Waals surface area contributed by atoms with Crippen LogP contribution >= 0.6 is 25.0 Å². The Bertz CT molecular complexity index is 61.1. The molecule has 46 valence electrons. The van der Waals surface area contributed by atoms with Crippen molar-refractivity contribution in [3.8, 4) is 0 Å². The van der Waals surface area contributed by atoms with Gasteiger partial charge in [0.1, 0.15) is 0 Å². The summed E-state index contributed by atoms with van der Waals surface area (Å²) in [6.45, 7) is 4.63. The van der Waals surface area contributed by atoms with E-state index >= 15 is 0 Å². The molecule has 0 spiro atoms. The van der Waals surface area contributed by atoms with Crippen LogP contribution in [0.5, 0.6) is 0 Å². The molecule has 0 amide bonds. The van der Waals surface area contributed by atoms with Crippen molar-refractivity contribution in [1.29, 1.82) is 0 Å². The van der Waals surface area contributed by atoms with E-state index in [0.717, 1.165) is 12.0 Å². The molecule has 1 rings (SSSR count). The van der Waals surface area contributed by atoms with Crippen LogP contribution in [0.3, 0.4) is 0 Å². The predicted octanol–water partition coefficient (Wildman–Crippen LogP) is 2.09. The normalized spacial score (nSPS) is 18.8. The van der Waals surface area contributed by atoms with Crippen molar-refractivity contribution in [2.24, 2.45) is 0 Å². The summed E-state index contributed by atoms with van der Waals surface area (Å²) in [5.74, 6) is 1.88. The van der Waals surface area contributed by atoms with Gasteiger partial charge in [-0.1, -0.05) is 26.3 Å². The van der Waals surface area contributed by atoms with Crippen molar-refractivity contribution in [3.63, 3.8) is 0 Å². The van der Waals surface area contributed by atoms with Gasteiger partial charge in [0.15, 0.2) is 12.0 Å². The lowest BCUT2D eigenvalue weighted by molar-refractivity contribution is 1.41. The van der Waals surface area contributed by atoms with E-state index < -0.39 is 0 Å². The van der Waals surface area contributed by atoms with E-state index in [1.807, 2.05) is 0 Å². The van der Waals surface area contributed by atoms with E-state index in [0.29, 0.717) is 0 Å². The minimum Gasteiger partial charge on any atom is -0.254 e. The summed E-state index contributed by atoms with van der Waals surface area (Å²) >= 11 is 2.12. The Morgan fingerprint density at radius 3 is 1.62 bits per heavy atom. The zero-order valence-corrected chi connectivity index (χ0v) is 7.29. The van der Waals surface area contributed by atoms with Crippen LogP contribution in [-0.2, 0) is 0 Å². The van der Waals surface area contributed by atoms with Crippen LogP contribution in [0.4, 0.5) is 0 Å². The highest BCUT2D eigenvalue weighted by atomic mass is 32.2. The SMILES string of the molecule is CB1CCB(C)S1.S. The first-order valence-electron chi connectivity index (χ1n) is 2.94. The van der Waals surface area contributed by atoms with E-state index in [1.54, 1.807) is 0 Å². The van der Waals surface area contributed by atoms with Crippen LogP contribution in [0.15, 0.2) is 0 Å². The van der Waals surface area contributed by atoms with Gasteiger partial charge in [0.25, 0.3) is 0 Å². The van der Waals surface area contributed by atoms with E-state index in [2.05, 4.69) is 25.1 Å². The number of rotatable bonds is 0. The van der Waals surface area contributed by atoms with Crippen LogP contribution in [0.25, 0.3) is 0 Å². The van der Waals surface area contributed by atoms with Gasteiger partial charge >= 0.3 is 0 Å². The van der Waals surface area contributed by atoms with Crippen molar-refractivity contribution < 1.29 is 0 Å². The first kappa shape index (κ1) is 8.83. The largest absolute Gasteiger partial charge is 0.254 e. The minimum atomic E-state index is 0. The first-order chi connectivity index (χ1) is 3.29. The van der Waals surface area contributed by atoms with Crippen LogP contribution < -0.4 is 0 Å². The maximum Gasteiger partial charge on any atom is 0.192 e. The summed E-state index contributed by atoms with van der Waals surface area (Å²) in [5.41, 5.74) is 0. The number of hydrogen-bond donors (Lipinski definition) is 0. The van der Waals surface area contributed by atoms with Gasteiger partial charge < -0.3 is 0 Å². The topological polar surface area (TPSA) is 0 Å². The highest BCUT2D eigenvalue weighted by Crippen LogP contribution is 2.28. The average Bonchev–Trinajstić information content (AvgIpc) is 1.87. The second-order valence-electron chi connectivity index (χ2n) is 2.33. The third kappa shape index (κ3) is 2.40. The summed E-state index contributed by atoms with van der Waals surface area (Å²) in [6, 6.07) is 0. The van der Waals surface area contributed by atoms with Gasteiger partial charge in [0, 0.05) is 0 Å². The lowest BCUT2D eigenvalue weighted by Gasteiger charge is -1.91. The molecule has 0 unspecified atom stereocenters. The predicted molar refractivity (Wildman–Crippen MR) is 50.8 cm³/mol. The van der Waals surface area contributed by atoms with E-state index in [-0.39, 0.29) is 13.5 Å². The lowest BCUT2D eigenvalue weighted by Crippen LogP contribution is -1.94. The Morgan fingerprint density at radius 1 is 1.12 bits per heavy atom. The lowest BCUT2D eigenvalue weighted by atomic mass is 9.65. The van der Waals surface area contributed by atoms with Crippen molar-refractivity contribution >= 4 is 36.9 Å². The zero-order valence-electron chi connectivity index (χ0n) is 5.48. The Morgan fingerprint density at radius 2 is 1.50 bits per heavy atom. The highest BCUT2D eigenvalue weighted by molar-refractivity contribution is 8.46. The Hall–Kier alpha value is 0.830. The van der Waals surface area contributed by atoms with Crippen LogP contribution in [-0.4, -0.2) is 12.0 Å². The molecule has 0 nitrogen and oxygen atoms in total. The van der Waals surface area contributed by atoms with Crippen molar-refractivity contribution in [3.05, 3.63) is 0 Å². The molecule has 0 aromatic carbocycles. The van der Waals surface area contributed by atoms with Crippen molar-refractivity contribution in [1.82, 2.24) is 0 Å². The summed E-state index contributed by atoms with van der Waals surface area (Å²) < 4.78 is 0. The molecule has 1 saturated heterocycles. The number of hydrogen-bond acceptors (Lipinski definition) is 1. The maximum absolute atomic E-state index is 2.31. The molecule has 0 aliphatic carbocycles. The third-order valence-electron chi connectivity index (χ3n) is 1.44. The van der Waals surface area contributed by atoms with Gasteiger partial charge in [-0.2, -0.15) is 13.5 Å². The Labute approximate surface area is 63.6 Å². The van der Waals surface area contributed by atoms with Gasteiger partial charge in [0.2, 0.25) is 0 Å². The fraction of sp³-hybridized carbons (Fsp3) is 1.00. The zero-order chi connectivity index (χ0) is 5.28. The second-order valence-corrected chi connectivity index (χ2v) is 4.22. The van der Waals surface area contributed by atoms with Crippen LogP contribution in [0.1, 0.15) is 0 Å². The summed E-state index contributed by atoms with van der Waals surface area (Å²) in [6.07, 6.45) is 2.87. The summed E-state index contributed by atoms with van der Waals surface area (Å²) in [7, 11) is 0. The van der Waals surface area contributed by atoms with Gasteiger partial charge in [-0.3, -0.25) is 11.5 Å². The monoisotopic (exact) mass is 146 g/mol. The Balaban J connectivity index is 0.000000490. The molecule has 0 aromatic heterocycles. The average molecular weight is 146 g/mol. The van der Waals surface area contributed by atoms with E-state index in [1.165, 1.54) is 12.6 Å². The smallest absolute Gasteiger partial charge is 0.192 e. The van der Waals surface area contributed by atoms with Crippen LogP contribution in [0.2, 0.25) is 26.3 Å². The molecular weight excluding hydrogens is 134 g/mol. The van der Waals surface area contributed by atoms with Crippen molar-refractivity contribution in [2.75, 3.05) is 0 Å². The molecule has 0 aromatic rings. The minimum absolute atomic E-state index is 0. The molecule has 0 radical (unpaired) electrons. The fourth-order valence-electron chi connectivity index (χ4n) is 1.00. The fourth-order valence-corrected chi connectivity index (χ4v) is 2.34. The maximum atomic E-state index is 2.31. The molecule has 0 saturated carbocycles. The molecule has 1 aliphatic rings. The molecule has 8 heavy (non-hydrogen) atoms. The molecule has 0 N–H and O–H groups in total. The molecule has 1 heterocycles. The molecule has 1 aliphatic heterocycles. The molecular formula is C4H12B2S2. The van der Waals surface area contributed by atoms with Gasteiger partial charge in [0.05, 0.1) is 0 Å². The first-order valence-corrected chi connectivity index (χ1v) is 3.89. The second kappa shape index (κ2) is 3.78. The van der Waals surface area contributed by atoms with Crippen LogP contribution in [0, 0.1) is 0 Å². The van der Waals surface area contributed by atoms with E-state index in [4.69, 9.17) is 0 Å². The summed E-state index contributed by atoms with van der Waals surface area (Å²) in [5, 5.41) is 0. The van der Waals surface area contributed by atoms with Crippen molar-refractivity contribution in [2.45, 2.75) is 26.3 Å². The Kier molecular flexibility index (Phi) is 4.17. The summed E-state index contributed by atoms with van der Waals surface area (Å²) in [4.78, 5) is 0.